The molecule has 3 aromatic rings. The van der Waals surface area contributed by atoms with E-state index in [1.807, 2.05) is 30.3 Å². The predicted molar refractivity (Wildman–Crippen MR) is 100 cm³/mol. The van der Waals surface area contributed by atoms with Gasteiger partial charge in [-0.15, -0.1) is 0 Å². The molecule has 8 heteroatoms. The smallest absolute Gasteiger partial charge is 0.292 e. The van der Waals surface area contributed by atoms with Crippen molar-refractivity contribution >= 4 is 15.9 Å². The van der Waals surface area contributed by atoms with E-state index in [9.17, 15) is 13.2 Å². The number of hydrogen-bond acceptors (Lipinski definition) is 5. The summed E-state index contributed by atoms with van der Waals surface area (Å²) in [4.78, 5) is 14.2. The molecule has 1 atom stereocenters. The maximum Gasteiger partial charge on any atom is 0.292 e. The highest BCUT2D eigenvalue weighted by Gasteiger charge is 2.23. The number of hydrogen-bond donors (Lipinski definition) is 1. The lowest BCUT2D eigenvalue weighted by Crippen LogP contribution is -2.29. The van der Waals surface area contributed by atoms with Gasteiger partial charge in [-0.1, -0.05) is 47.6 Å². The number of sulfonamides is 1. The molecule has 1 amide bonds. The Morgan fingerprint density at radius 3 is 2.48 bits per heavy atom. The Labute approximate surface area is 157 Å². The highest BCUT2D eigenvalue weighted by molar-refractivity contribution is 7.89. The van der Waals surface area contributed by atoms with Crippen LogP contribution in [-0.4, -0.2) is 31.4 Å². The van der Waals surface area contributed by atoms with E-state index in [0.717, 1.165) is 5.56 Å². The quantitative estimate of drug-likeness (QED) is 0.727. The van der Waals surface area contributed by atoms with Gasteiger partial charge in [0.1, 0.15) is 5.69 Å². The summed E-state index contributed by atoms with van der Waals surface area (Å²) in [5.41, 5.74) is 2.05. The van der Waals surface area contributed by atoms with E-state index in [1.165, 1.54) is 17.0 Å². The predicted octanol–water partition coefficient (Wildman–Crippen LogP) is 2.82. The van der Waals surface area contributed by atoms with Crippen LogP contribution in [0.4, 0.5) is 0 Å². The molecule has 27 heavy (non-hydrogen) atoms. The van der Waals surface area contributed by atoms with E-state index in [1.54, 1.807) is 32.2 Å². The van der Waals surface area contributed by atoms with Gasteiger partial charge in [0.05, 0.1) is 10.9 Å². The highest BCUT2D eigenvalue weighted by atomic mass is 32.2. The Morgan fingerprint density at radius 2 is 1.81 bits per heavy atom. The minimum atomic E-state index is -3.82. The number of benzene rings is 2. The fourth-order valence-corrected chi connectivity index (χ4v) is 3.21. The number of nitrogens with two attached hydrogens (primary N) is 1. The van der Waals surface area contributed by atoms with Crippen molar-refractivity contribution in [3.8, 4) is 11.3 Å². The fourth-order valence-electron chi connectivity index (χ4n) is 2.65. The molecular weight excluding hydrogens is 366 g/mol. The molecule has 3 rings (SSSR count). The van der Waals surface area contributed by atoms with E-state index >= 15 is 0 Å². The first-order valence-electron chi connectivity index (χ1n) is 8.19. The molecule has 0 radical (unpaired) electrons. The number of amides is 1. The van der Waals surface area contributed by atoms with Crippen molar-refractivity contribution in [2.75, 3.05) is 7.05 Å². The average molecular weight is 385 g/mol. The van der Waals surface area contributed by atoms with E-state index in [0.29, 0.717) is 11.3 Å². The van der Waals surface area contributed by atoms with Crippen molar-refractivity contribution in [1.82, 2.24) is 10.1 Å². The lowest BCUT2D eigenvalue weighted by atomic mass is 10.1. The van der Waals surface area contributed by atoms with Crippen molar-refractivity contribution in [3.63, 3.8) is 0 Å². The number of rotatable bonds is 5. The van der Waals surface area contributed by atoms with E-state index in [2.05, 4.69) is 5.16 Å². The van der Waals surface area contributed by atoms with Gasteiger partial charge in [-0.3, -0.25) is 4.79 Å². The minimum Gasteiger partial charge on any atom is -0.350 e. The monoisotopic (exact) mass is 385 g/mol. The molecule has 7 nitrogen and oxygen atoms in total. The van der Waals surface area contributed by atoms with Gasteiger partial charge in [0.15, 0.2) is 0 Å². The maximum absolute atomic E-state index is 12.7. The van der Waals surface area contributed by atoms with Crippen LogP contribution in [-0.2, 0) is 10.0 Å². The minimum absolute atomic E-state index is 0.00118. The average Bonchev–Trinajstić information content (AvgIpc) is 3.16. The summed E-state index contributed by atoms with van der Waals surface area (Å²) in [6, 6.07) is 16.8. The van der Waals surface area contributed by atoms with E-state index in [4.69, 9.17) is 9.66 Å². The summed E-state index contributed by atoms with van der Waals surface area (Å²) in [5.74, 6) is -0.260. The molecule has 0 aliphatic heterocycles. The van der Waals surface area contributed by atoms with Gasteiger partial charge in [-0.2, -0.15) is 0 Å². The van der Waals surface area contributed by atoms with Crippen molar-refractivity contribution < 1.29 is 17.7 Å². The van der Waals surface area contributed by atoms with Gasteiger partial charge >= 0.3 is 0 Å². The van der Waals surface area contributed by atoms with Gasteiger partial charge in [0, 0.05) is 18.7 Å². The molecule has 0 spiro atoms. The molecule has 0 fully saturated rings. The molecule has 2 N–H and O–H groups in total. The highest BCUT2D eigenvalue weighted by Crippen LogP contribution is 2.25. The third kappa shape index (κ3) is 4.07. The van der Waals surface area contributed by atoms with Gasteiger partial charge in [0.2, 0.25) is 15.8 Å². The second-order valence-electron chi connectivity index (χ2n) is 6.15. The summed E-state index contributed by atoms with van der Waals surface area (Å²) in [6.07, 6.45) is 0. The van der Waals surface area contributed by atoms with Crippen LogP contribution in [0.15, 0.2) is 70.1 Å². The number of nitrogens with zero attached hydrogens (tertiary/aromatic N) is 2. The van der Waals surface area contributed by atoms with Crippen molar-refractivity contribution in [1.29, 1.82) is 0 Å². The van der Waals surface area contributed by atoms with E-state index < -0.39 is 16.1 Å². The molecule has 140 valence electrons. The normalized spacial score (nSPS) is 12.6. The van der Waals surface area contributed by atoms with Gasteiger partial charge in [-0.25, -0.2) is 13.6 Å². The third-order valence-corrected chi connectivity index (χ3v) is 5.27. The summed E-state index contributed by atoms with van der Waals surface area (Å²) in [6.45, 7) is 1.79. The summed E-state index contributed by atoms with van der Waals surface area (Å²) >= 11 is 0. The van der Waals surface area contributed by atoms with Crippen LogP contribution in [0.25, 0.3) is 11.3 Å². The molecule has 1 unspecified atom stereocenters. The van der Waals surface area contributed by atoms with Crippen LogP contribution in [0.2, 0.25) is 0 Å². The van der Waals surface area contributed by atoms with Crippen molar-refractivity contribution in [2.45, 2.75) is 17.9 Å². The van der Waals surface area contributed by atoms with Crippen LogP contribution in [0.1, 0.15) is 29.1 Å². The van der Waals surface area contributed by atoms with Crippen LogP contribution in [0, 0.1) is 0 Å². The molecule has 0 bridgehead atoms. The second-order valence-corrected chi connectivity index (χ2v) is 7.71. The van der Waals surface area contributed by atoms with Crippen LogP contribution in [0.5, 0.6) is 0 Å². The summed E-state index contributed by atoms with van der Waals surface area (Å²) in [5, 5.41) is 9.13. The molecule has 1 heterocycles. The lowest BCUT2D eigenvalue weighted by molar-refractivity contribution is 0.0700. The lowest BCUT2D eigenvalue weighted by Gasteiger charge is -2.24. The first kappa shape index (κ1) is 18.8. The summed E-state index contributed by atoms with van der Waals surface area (Å²) < 4.78 is 28.3. The summed E-state index contributed by atoms with van der Waals surface area (Å²) in [7, 11) is -2.20. The number of primary sulfonamides is 1. The molecule has 0 aliphatic rings. The number of carbonyl (C=O) groups is 1. The molecule has 0 aliphatic carbocycles. The Morgan fingerprint density at radius 1 is 1.11 bits per heavy atom. The van der Waals surface area contributed by atoms with Crippen molar-refractivity contribution in [3.05, 3.63) is 72.0 Å². The Bertz CT molecular complexity index is 1060. The fraction of sp³-hybridized carbons (Fsp3) is 0.158. The van der Waals surface area contributed by atoms with Crippen LogP contribution in [0.3, 0.4) is 0 Å². The molecule has 0 saturated carbocycles. The van der Waals surface area contributed by atoms with Crippen LogP contribution >= 0.6 is 0 Å². The first-order chi connectivity index (χ1) is 12.8. The van der Waals surface area contributed by atoms with E-state index in [-0.39, 0.29) is 16.6 Å². The zero-order valence-corrected chi connectivity index (χ0v) is 15.7. The molecule has 0 saturated heterocycles. The number of carbonyl (C=O) groups excluding carboxylic acids is 1. The van der Waals surface area contributed by atoms with Gasteiger partial charge in [0.25, 0.3) is 5.91 Å². The molecule has 1 aromatic heterocycles. The third-order valence-electron chi connectivity index (χ3n) is 4.36. The zero-order valence-electron chi connectivity index (χ0n) is 14.9. The zero-order chi connectivity index (χ0) is 19.6. The second kappa shape index (κ2) is 7.34. The first-order valence-corrected chi connectivity index (χ1v) is 9.74. The largest absolute Gasteiger partial charge is 0.350 e. The number of aromatic nitrogens is 1. The standard InChI is InChI=1S/C19H19N3O4S/c1-13(15-9-6-10-16(11-15)27(20,24)25)22(2)19(23)18-12-17(21-26-18)14-7-4-3-5-8-14/h3-13H,1-2H3,(H2,20,24,25). The topological polar surface area (TPSA) is 106 Å². The van der Waals surface area contributed by atoms with Crippen LogP contribution < -0.4 is 5.14 Å². The van der Waals surface area contributed by atoms with Gasteiger partial charge < -0.3 is 9.42 Å². The SMILES string of the molecule is CC(c1cccc(S(N)(=O)=O)c1)N(C)C(=O)c1cc(-c2ccccc2)no1. The Kier molecular flexibility index (Phi) is 5.11. The van der Waals surface area contributed by atoms with Crippen molar-refractivity contribution in [2.24, 2.45) is 5.14 Å². The molecule has 2 aromatic carbocycles. The Hall–Kier alpha value is -2.97. The van der Waals surface area contributed by atoms with Gasteiger partial charge in [-0.05, 0) is 24.6 Å². The maximum atomic E-state index is 12.7. The Balaban J connectivity index is 1.82. The molecular formula is C19H19N3O4S.